The van der Waals surface area contributed by atoms with Crippen molar-refractivity contribution in [3.8, 4) is 0 Å². The Balaban J connectivity index is 1.64. The molecule has 1 fully saturated rings. The van der Waals surface area contributed by atoms with Crippen molar-refractivity contribution in [2.24, 2.45) is 4.99 Å². The van der Waals surface area contributed by atoms with E-state index in [4.69, 9.17) is 4.99 Å². The Labute approximate surface area is 157 Å². The Bertz CT molecular complexity index is 486. The minimum Gasteiger partial charge on any atom is -0.357 e. The maximum Gasteiger partial charge on any atom is 0.191 e. The van der Waals surface area contributed by atoms with Gasteiger partial charge in [0, 0.05) is 23.2 Å². The van der Waals surface area contributed by atoms with E-state index in [1.165, 1.54) is 50.2 Å². The highest BCUT2D eigenvalue weighted by atomic mass is 32.2. The van der Waals surface area contributed by atoms with E-state index in [9.17, 15) is 0 Å². The lowest BCUT2D eigenvalue weighted by molar-refractivity contribution is 0.330. The molecular weight excluding hydrogens is 328 g/mol. The van der Waals surface area contributed by atoms with Crippen LogP contribution in [-0.4, -0.2) is 55.4 Å². The van der Waals surface area contributed by atoms with Gasteiger partial charge in [0.2, 0.25) is 0 Å². The molecule has 1 unspecified atom stereocenters. The molecule has 1 aliphatic heterocycles. The molecular formula is C20H34N4S. The highest BCUT2D eigenvalue weighted by Gasteiger charge is 2.10. The molecule has 1 saturated heterocycles. The molecule has 2 N–H and O–H groups in total. The Hall–Kier alpha value is -1.20. The smallest absolute Gasteiger partial charge is 0.191 e. The van der Waals surface area contributed by atoms with Crippen molar-refractivity contribution in [2.75, 3.05) is 39.3 Å². The van der Waals surface area contributed by atoms with Gasteiger partial charge in [0.1, 0.15) is 0 Å². The number of likely N-dealkylation sites (tertiary alicyclic amines) is 1. The molecule has 1 heterocycles. The zero-order valence-electron chi connectivity index (χ0n) is 15.8. The molecule has 0 amide bonds. The molecule has 0 aliphatic carbocycles. The molecule has 0 spiro atoms. The summed E-state index contributed by atoms with van der Waals surface area (Å²) < 4.78 is 0. The summed E-state index contributed by atoms with van der Waals surface area (Å²) in [5.41, 5.74) is 0. The number of guanidine groups is 1. The topological polar surface area (TPSA) is 39.7 Å². The van der Waals surface area contributed by atoms with Gasteiger partial charge < -0.3 is 15.5 Å². The van der Waals surface area contributed by atoms with E-state index in [1.807, 2.05) is 11.8 Å². The van der Waals surface area contributed by atoms with Gasteiger partial charge >= 0.3 is 0 Å². The first-order valence-electron chi connectivity index (χ1n) is 9.74. The molecule has 0 radical (unpaired) electrons. The van der Waals surface area contributed by atoms with E-state index in [2.05, 4.69) is 59.7 Å². The maximum absolute atomic E-state index is 4.75. The molecule has 2 rings (SSSR count). The maximum atomic E-state index is 4.75. The van der Waals surface area contributed by atoms with Gasteiger partial charge in [0.05, 0.1) is 6.54 Å². The highest BCUT2D eigenvalue weighted by molar-refractivity contribution is 8.00. The van der Waals surface area contributed by atoms with Crippen LogP contribution >= 0.6 is 11.8 Å². The van der Waals surface area contributed by atoms with Crippen LogP contribution in [0, 0.1) is 0 Å². The SMILES string of the molecule is CCNC(=NCC(C)Sc1ccccc1)NCCCCN1CCCC1. The van der Waals surface area contributed by atoms with Gasteiger partial charge in [0.25, 0.3) is 0 Å². The van der Waals surface area contributed by atoms with E-state index in [-0.39, 0.29) is 0 Å². The molecule has 0 saturated carbocycles. The van der Waals surface area contributed by atoms with Crippen molar-refractivity contribution in [2.45, 2.75) is 49.7 Å². The second-order valence-corrected chi connectivity index (χ2v) is 8.16. The van der Waals surface area contributed by atoms with Crippen LogP contribution in [0.2, 0.25) is 0 Å². The van der Waals surface area contributed by atoms with Crippen LogP contribution in [0.25, 0.3) is 0 Å². The van der Waals surface area contributed by atoms with Crippen molar-refractivity contribution in [3.05, 3.63) is 30.3 Å². The molecule has 1 aromatic carbocycles. The average molecular weight is 363 g/mol. The van der Waals surface area contributed by atoms with E-state index < -0.39 is 0 Å². The molecule has 140 valence electrons. The Morgan fingerprint density at radius 3 is 2.64 bits per heavy atom. The van der Waals surface area contributed by atoms with Gasteiger partial charge in [-0.3, -0.25) is 4.99 Å². The predicted octanol–water partition coefficient (Wildman–Crippen LogP) is 3.60. The quantitative estimate of drug-likeness (QED) is 0.289. The van der Waals surface area contributed by atoms with Crippen LogP contribution in [0.3, 0.4) is 0 Å². The highest BCUT2D eigenvalue weighted by Crippen LogP contribution is 2.22. The number of hydrogen-bond donors (Lipinski definition) is 2. The number of aliphatic imine (C=N–C) groups is 1. The number of nitrogens with zero attached hydrogens (tertiary/aromatic N) is 2. The Kier molecular flexibility index (Phi) is 9.82. The third kappa shape index (κ3) is 8.63. The molecule has 0 aromatic heterocycles. The normalized spacial score (nSPS) is 16.8. The first-order valence-corrected chi connectivity index (χ1v) is 10.6. The summed E-state index contributed by atoms with van der Waals surface area (Å²) >= 11 is 1.88. The van der Waals surface area contributed by atoms with Crippen molar-refractivity contribution in [1.29, 1.82) is 0 Å². The van der Waals surface area contributed by atoms with Gasteiger partial charge in [-0.2, -0.15) is 0 Å². The van der Waals surface area contributed by atoms with E-state index in [0.29, 0.717) is 5.25 Å². The van der Waals surface area contributed by atoms with Crippen LogP contribution in [0.5, 0.6) is 0 Å². The van der Waals surface area contributed by atoms with Crippen LogP contribution in [0.15, 0.2) is 40.2 Å². The fourth-order valence-corrected chi connectivity index (χ4v) is 3.93. The molecule has 5 heteroatoms. The largest absolute Gasteiger partial charge is 0.357 e. The summed E-state index contributed by atoms with van der Waals surface area (Å²) in [5.74, 6) is 0.948. The number of benzene rings is 1. The number of thioether (sulfide) groups is 1. The van der Waals surface area contributed by atoms with Crippen LogP contribution in [-0.2, 0) is 0 Å². The fraction of sp³-hybridized carbons (Fsp3) is 0.650. The molecule has 1 aromatic rings. The monoisotopic (exact) mass is 362 g/mol. The van der Waals surface area contributed by atoms with Gasteiger partial charge in [-0.05, 0) is 64.4 Å². The van der Waals surface area contributed by atoms with E-state index >= 15 is 0 Å². The molecule has 25 heavy (non-hydrogen) atoms. The Morgan fingerprint density at radius 2 is 1.92 bits per heavy atom. The predicted molar refractivity (Wildman–Crippen MR) is 111 cm³/mol. The second kappa shape index (κ2) is 12.2. The number of nitrogens with one attached hydrogen (secondary N) is 2. The molecule has 1 aliphatic rings. The number of hydrogen-bond acceptors (Lipinski definition) is 3. The summed E-state index contributed by atoms with van der Waals surface area (Å²) in [7, 11) is 0. The van der Waals surface area contributed by atoms with Crippen LogP contribution < -0.4 is 10.6 Å². The average Bonchev–Trinajstić information content (AvgIpc) is 3.13. The van der Waals surface area contributed by atoms with Crippen molar-refractivity contribution < 1.29 is 0 Å². The second-order valence-electron chi connectivity index (χ2n) is 6.64. The summed E-state index contributed by atoms with van der Waals surface area (Å²) in [5, 5.41) is 7.30. The zero-order valence-corrected chi connectivity index (χ0v) is 16.7. The summed E-state index contributed by atoms with van der Waals surface area (Å²) in [6.07, 6.45) is 5.24. The van der Waals surface area contributed by atoms with Crippen LogP contribution in [0.1, 0.15) is 39.5 Å². The fourth-order valence-electron chi connectivity index (χ4n) is 3.00. The zero-order chi connectivity index (χ0) is 17.7. The molecule has 1 atom stereocenters. The summed E-state index contributed by atoms with van der Waals surface area (Å²) in [4.78, 5) is 8.64. The minimum atomic E-state index is 0.466. The molecule has 0 bridgehead atoms. The molecule has 4 nitrogen and oxygen atoms in total. The summed E-state index contributed by atoms with van der Waals surface area (Å²) in [6, 6.07) is 10.6. The number of rotatable bonds is 10. The van der Waals surface area contributed by atoms with E-state index in [1.54, 1.807) is 0 Å². The van der Waals surface area contributed by atoms with Crippen molar-refractivity contribution in [3.63, 3.8) is 0 Å². The Morgan fingerprint density at radius 1 is 1.16 bits per heavy atom. The first-order chi connectivity index (χ1) is 12.3. The lowest BCUT2D eigenvalue weighted by Gasteiger charge is -2.15. The summed E-state index contributed by atoms with van der Waals surface area (Å²) in [6.45, 7) is 10.9. The van der Waals surface area contributed by atoms with Crippen LogP contribution in [0.4, 0.5) is 0 Å². The van der Waals surface area contributed by atoms with Gasteiger partial charge in [-0.1, -0.05) is 25.1 Å². The third-order valence-electron chi connectivity index (χ3n) is 4.32. The van der Waals surface area contributed by atoms with Gasteiger partial charge in [-0.25, -0.2) is 0 Å². The van der Waals surface area contributed by atoms with Crippen molar-refractivity contribution in [1.82, 2.24) is 15.5 Å². The van der Waals surface area contributed by atoms with Crippen molar-refractivity contribution >= 4 is 17.7 Å². The lowest BCUT2D eigenvalue weighted by atomic mass is 10.3. The van der Waals surface area contributed by atoms with Gasteiger partial charge in [-0.15, -0.1) is 11.8 Å². The lowest BCUT2D eigenvalue weighted by Crippen LogP contribution is -2.38. The first kappa shape index (κ1) is 20.1. The van der Waals surface area contributed by atoms with E-state index in [0.717, 1.165) is 25.6 Å². The number of unbranched alkanes of at least 4 members (excludes halogenated alkanes) is 1. The standard InChI is InChI=1S/C20H34N4S/c1-3-21-20(22-13-7-8-14-24-15-9-10-16-24)23-17-18(2)25-19-11-5-4-6-12-19/h4-6,11-12,18H,3,7-10,13-17H2,1-2H3,(H2,21,22,23). The third-order valence-corrected chi connectivity index (χ3v) is 5.42. The van der Waals surface area contributed by atoms with Gasteiger partial charge in [0.15, 0.2) is 5.96 Å². The minimum absolute atomic E-state index is 0.466.